The highest BCUT2D eigenvalue weighted by atomic mass is 19.1. The fourth-order valence-electron chi connectivity index (χ4n) is 1.13. The summed E-state index contributed by atoms with van der Waals surface area (Å²) in [6.45, 7) is 5.57. The van der Waals surface area contributed by atoms with Gasteiger partial charge in [0.25, 0.3) is 0 Å². The summed E-state index contributed by atoms with van der Waals surface area (Å²) in [5, 5.41) is 0. The van der Waals surface area contributed by atoms with Crippen LogP contribution in [-0.4, -0.2) is 6.36 Å². The summed E-state index contributed by atoms with van der Waals surface area (Å²) in [5.41, 5.74) is 1.16. The minimum atomic E-state index is -1.25. The lowest BCUT2D eigenvalue weighted by atomic mass is 10.0. The quantitative estimate of drug-likeness (QED) is 0.695. The van der Waals surface area contributed by atoms with Crippen LogP contribution in [0.5, 0.6) is 5.75 Å². The number of hydrogen-bond donors (Lipinski definition) is 0. The Hall–Kier alpha value is -1.05. The van der Waals surface area contributed by atoms with Gasteiger partial charge < -0.3 is 4.74 Å². The van der Waals surface area contributed by atoms with E-state index in [1.807, 2.05) is 18.2 Å². The summed E-state index contributed by atoms with van der Waals surface area (Å²) < 4.78 is 17.4. The van der Waals surface area contributed by atoms with Crippen molar-refractivity contribution in [3.63, 3.8) is 0 Å². The van der Waals surface area contributed by atoms with Gasteiger partial charge in [0.1, 0.15) is 5.75 Å². The standard InChI is InChI=1S/C11H15FO/c1-8(2)10-5-4-6-11(7-10)13-9(3)12/h4-9H,1-3H3. The SMILES string of the molecule is CC(F)Oc1cccc(C(C)C)c1. The maximum Gasteiger partial charge on any atom is 0.235 e. The predicted molar refractivity (Wildman–Crippen MR) is 51.7 cm³/mol. The first-order valence-electron chi connectivity index (χ1n) is 4.50. The third-order valence-corrected chi connectivity index (χ3v) is 1.82. The summed E-state index contributed by atoms with van der Waals surface area (Å²) in [6, 6.07) is 7.54. The zero-order chi connectivity index (χ0) is 9.84. The number of hydrogen-bond acceptors (Lipinski definition) is 1. The zero-order valence-electron chi connectivity index (χ0n) is 8.25. The molecular weight excluding hydrogens is 167 g/mol. The average Bonchev–Trinajstić information content (AvgIpc) is 2.03. The summed E-state index contributed by atoms with van der Waals surface area (Å²) >= 11 is 0. The van der Waals surface area contributed by atoms with Gasteiger partial charge in [0.2, 0.25) is 6.36 Å². The highest BCUT2D eigenvalue weighted by Gasteiger charge is 2.03. The van der Waals surface area contributed by atoms with Crippen molar-refractivity contribution >= 4 is 0 Å². The Morgan fingerprint density at radius 1 is 1.23 bits per heavy atom. The van der Waals surface area contributed by atoms with Gasteiger partial charge in [-0.3, -0.25) is 0 Å². The monoisotopic (exact) mass is 182 g/mol. The van der Waals surface area contributed by atoms with E-state index in [1.54, 1.807) is 6.07 Å². The fourth-order valence-corrected chi connectivity index (χ4v) is 1.13. The van der Waals surface area contributed by atoms with Gasteiger partial charge in [-0.05, 0) is 23.6 Å². The molecule has 0 saturated heterocycles. The lowest BCUT2D eigenvalue weighted by Crippen LogP contribution is -2.03. The van der Waals surface area contributed by atoms with E-state index in [-0.39, 0.29) is 0 Å². The highest BCUT2D eigenvalue weighted by molar-refractivity contribution is 5.30. The Morgan fingerprint density at radius 2 is 1.92 bits per heavy atom. The number of alkyl halides is 1. The van der Waals surface area contributed by atoms with Gasteiger partial charge >= 0.3 is 0 Å². The van der Waals surface area contributed by atoms with Crippen molar-refractivity contribution in [2.45, 2.75) is 33.0 Å². The second-order valence-corrected chi connectivity index (χ2v) is 3.39. The predicted octanol–water partition coefficient (Wildman–Crippen LogP) is 3.50. The molecule has 0 saturated carbocycles. The largest absolute Gasteiger partial charge is 0.461 e. The number of halogens is 1. The van der Waals surface area contributed by atoms with E-state index in [4.69, 9.17) is 4.74 Å². The van der Waals surface area contributed by atoms with Crippen molar-refractivity contribution in [1.29, 1.82) is 0 Å². The molecule has 13 heavy (non-hydrogen) atoms. The van der Waals surface area contributed by atoms with Crippen LogP contribution in [0, 0.1) is 0 Å². The summed E-state index contributed by atoms with van der Waals surface area (Å²) in [4.78, 5) is 0. The first-order valence-corrected chi connectivity index (χ1v) is 4.50. The van der Waals surface area contributed by atoms with Crippen LogP contribution in [0.15, 0.2) is 24.3 Å². The van der Waals surface area contributed by atoms with E-state index in [9.17, 15) is 4.39 Å². The summed E-state index contributed by atoms with van der Waals surface area (Å²) in [5.74, 6) is 1.04. The summed E-state index contributed by atoms with van der Waals surface area (Å²) in [6.07, 6.45) is -1.25. The van der Waals surface area contributed by atoms with Crippen molar-refractivity contribution < 1.29 is 9.13 Å². The zero-order valence-corrected chi connectivity index (χ0v) is 8.25. The lowest BCUT2D eigenvalue weighted by Gasteiger charge is -2.10. The van der Waals surface area contributed by atoms with Gasteiger partial charge in [-0.1, -0.05) is 26.0 Å². The first-order chi connectivity index (χ1) is 6.09. The molecule has 0 aliphatic heterocycles. The van der Waals surface area contributed by atoms with E-state index in [0.717, 1.165) is 5.56 Å². The molecule has 2 heteroatoms. The highest BCUT2D eigenvalue weighted by Crippen LogP contribution is 2.20. The van der Waals surface area contributed by atoms with E-state index < -0.39 is 6.36 Å². The second kappa shape index (κ2) is 4.26. The average molecular weight is 182 g/mol. The van der Waals surface area contributed by atoms with E-state index >= 15 is 0 Å². The van der Waals surface area contributed by atoms with Gasteiger partial charge in [0, 0.05) is 6.92 Å². The Kier molecular flexibility index (Phi) is 3.29. The maximum absolute atomic E-state index is 12.5. The number of rotatable bonds is 3. The molecule has 1 aromatic rings. The van der Waals surface area contributed by atoms with Gasteiger partial charge in [-0.2, -0.15) is 0 Å². The van der Waals surface area contributed by atoms with Crippen LogP contribution in [0.4, 0.5) is 4.39 Å². The van der Waals surface area contributed by atoms with Crippen LogP contribution >= 0.6 is 0 Å². The third-order valence-electron chi connectivity index (χ3n) is 1.82. The van der Waals surface area contributed by atoms with Crippen LogP contribution in [0.25, 0.3) is 0 Å². The molecule has 0 heterocycles. The molecule has 1 unspecified atom stereocenters. The van der Waals surface area contributed by atoms with Gasteiger partial charge in [-0.25, -0.2) is 4.39 Å². The molecule has 0 aliphatic carbocycles. The number of ether oxygens (including phenoxy) is 1. The number of benzene rings is 1. The molecule has 72 valence electrons. The van der Waals surface area contributed by atoms with Crippen LogP contribution in [0.1, 0.15) is 32.3 Å². The van der Waals surface area contributed by atoms with Crippen molar-refractivity contribution in [2.75, 3.05) is 0 Å². The molecule has 0 radical (unpaired) electrons. The molecule has 0 N–H and O–H groups in total. The molecule has 1 nitrogen and oxygen atoms in total. The Balaban J connectivity index is 2.79. The van der Waals surface area contributed by atoms with Gasteiger partial charge in [0.05, 0.1) is 0 Å². The van der Waals surface area contributed by atoms with Gasteiger partial charge in [-0.15, -0.1) is 0 Å². The molecule has 0 aromatic heterocycles. The Bertz CT molecular complexity index is 269. The minimum Gasteiger partial charge on any atom is -0.461 e. The fraction of sp³-hybridized carbons (Fsp3) is 0.455. The lowest BCUT2D eigenvalue weighted by molar-refractivity contribution is 0.0859. The smallest absolute Gasteiger partial charge is 0.235 e. The molecule has 1 rings (SSSR count). The van der Waals surface area contributed by atoms with Crippen LogP contribution in [-0.2, 0) is 0 Å². The Morgan fingerprint density at radius 3 is 2.46 bits per heavy atom. The van der Waals surface area contributed by atoms with Crippen molar-refractivity contribution in [1.82, 2.24) is 0 Å². The molecule has 0 bridgehead atoms. The van der Waals surface area contributed by atoms with E-state index in [2.05, 4.69) is 13.8 Å². The van der Waals surface area contributed by atoms with Gasteiger partial charge in [0.15, 0.2) is 0 Å². The van der Waals surface area contributed by atoms with Crippen molar-refractivity contribution in [3.8, 4) is 5.75 Å². The topological polar surface area (TPSA) is 9.23 Å². The molecule has 0 spiro atoms. The third kappa shape index (κ3) is 3.05. The van der Waals surface area contributed by atoms with Crippen molar-refractivity contribution in [3.05, 3.63) is 29.8 Å². The van der Waals surface area contributed by atoms with E-state index in [0.29, 0.717) is 11.7 Å². The molecule has 0 amide bonds. The normalized spacial score (nSPS) is 13.0. The first kappa shape index (κ1) is 10.0. The minimum absolute atomic E-state index is 0.443. The maximum atomic E-state index is 12.5. The van der Waals surface area contributed by atoms with Crippen LogP contribution in [0.2, 0.25) is 0 Å². The molecule has 0 aliphatic rings. The van der Waals surface area contributed by atoms with Crippen molar-refractivity contribution in [2.24, 2.45) is 0 Å². The Labute approximate surface area is 78.5 Å². The van der Waals surface area contributed by atoms with Crippen LogP contribution < -0.4 is 4.74 Å². The van der Waals surface area contributed by atoms with Crippen LogP contribution in [0.3, 0.4) is 0 Å². The molecule has 1 atom stereocenters. The molecular formula is C11H15FO. The molecule has 0 fully saturated rings. The van der Waals surface area contributed by atoms with E-state index in [1.165, 1.54) is 6.92 Å². The summed E-state index contributed by atoms with van der Waals surface area (Å²) in [7, 11) is 0. The molecule has 1 aromatic carbocycles. The second-order valence-electron chi connectivity index (χ2n) is 3.39.